The average Bonchev–Trinajstić information content (AvgIpc) is 3.02. The average molecular weight is 584 g/mol. The Kier molecular flexibility index (Phi) is 8.81. The molecule has 3 aliphatic heterocycles. The number of anilines is 1. The first-order valence-corrected chi connectivity index (χ1v) is 15.1. The number of halogens is 1. The van der Waals surface area contributed by atoms with E-state index in [1.54, 1.807) is 12.4 Å². The Hall–Kier alpha value is -4.08. The minimum absolute atomic E-state index is 0.00162. The van der Waals surface area contributed by atoms with Crippen molar-refractivity contribution in [2.45, 2.75) is 25.8 Å². The molecule has 2 aromatic carbocycles. The summed E-state index contributed by atoms with van der Waals surface area (Å²) in [5, 5.41) is 6.53. The Bertz CT molecular complexity index is 1470. The Morgan fingerprint density at radius 1 is 0.930 bits per heavy atom. The van der Waals surface area contributed by atoms with Crippen molar-refractivity contribution in [3.63, 3.8) is 0 Å². The van der Waals surface area contributed by atoms with Gasteiger partial charge in [-0.05, 0) is 73.3 Å². The van der Waals surface area contributed by atoms with Crippen LogP contribution in [0.3, 0.4) is 0 Å². The van der Waals surface area contributed by atoms with Gasteiger partial charge in [-0.1, -0.05) is 42.0 Å². The fourth-order valence-electron chi connectivity index (χ4n) is 6.02. The van der Waals surface area contributed by atoms with Crippen LogP contribution < -0.4 is 15.5 Å². The van der Waals surface area contributed by atoms with Crippen LogP contribution in [-0.2, 0) is 9.53 Å². The summed E-state index contributed by atoms with van der Waals surface area (Å²) in [6.07, 6.45) is 5.27. The standard InChI is InChI=1S/C34H38FN5O3/c1-23(24-2-4-25(5-3-24)32(27-10-12-36-13-11-27)26-6-8-30(35)9-7-26)38-33(41)28-18-31(20-37-19-28)39-14-16-40(17-15-39)34(42)29-21-43-22-29/h2-9,18-20,23,29,36H,10-17,21-22H2,1H3,(H,38,41)/t23-/m1/s1. The number of hydrogen-bond acceptors (Lipinski definition) is 6. The lowest BCUT2D eigenvalue weighted by atomic mass is 9.88. The molecule has 3 aliphatic rings. The predicted molar refractivity (Wildman–Crippen MR) is 164 cm³/mol. The summed E-state index contributed by atoms with van der Waals surface area (Å²) in [6.45, 7) is 7.57. The summed E-state index contributed by atoms with van der Waals surface area (Å²) in [6, 6.07) is 16.7. The van der Waals surface area contributed by atoms with Crippen molar-refractivity contribution in [2.75, 3.05) is 57.4 Å². The second-order valence-electron chi connectivity index (χ2n) is 11.5. The maximum absolute atomic E-state index is 13.7. The minimum atomic E-state index is -0.242. The molecule has 1 aromatic heterocycles. The molecule has 0 saturated carbocycles. The maximum atomic E-state index is 13.7. The summed E-state index contributed by atoms with van der Waals surface area (Å²) in [5.74, 6) is -0.252. The van der Waals surface area contributed by atoms with E-state index < -0.39 is 0 Å². The Labute approximate surface area is 251 Å². The van der Waals surface area contributed by atoms with Gasteiger partial charge in [0.25, 0.3) is 5.91 Å². The third-order valence-corrected chi connectivity index (χ3v) is 8.67. The number of piperidine rings is 1. The highest BCUT2D eigenvalue weighted by atomic mass is 19.1. The van der Waals surface area contributed by atoms with Crippen LogP contribution in [0.1, 0.15) is 52.9 Å². The molecule has 0 unspecified atom stereocenters. The lowest BCUT2D eigenvalue weighted by Crippen LogP contribution is -2.53. The zero-order valence-corrected chi connectivity index (χ0v) is 24.5. The number of aromatic nitrogens is 1. The van der Waals surface area contributed by atoms with Gasteiger partial charge in [0, 0.05) is 32.4 Å². The Balaban J connectivity index is 1.11. The van der Waals surface area contributed by atoms with Gasteiger partial charge in [-0.2, -0.15) is 0 Å². The van der Waals surface area contributed by atoms with Crippen LogP contribution in [0.5, 0.6) is 0 Å². The zero-order valence-electron chi connectivity index (χ0n) is 24.5. The molecular weight excluding hydrogens is 545 g/mol. The molecule has 0 bridgehead atoms. The van der Waals surface area contributed by atoms with Gasteiger partial charge in [0.15, 0.2) is 0 Å². The topological polar surface area (TPSA) is 86.8 Å². The molecule has 0 radical (unpaired) electrons. The summed E-state index contributed by atoms with van der Waals surface area (Å²) in [7, 11) is 0. The summed E-state index contributed by atoms with van der Waals surface area (Å²) in [5.41, 5.74) is 7.00. The summed E-state index contributed by atoms with van der Waals surface area (Å²) in [4.78, 5) is 34.2. The second-order valence-corrected chi connectivity index (χ2v) is 11.5. The van der Waals surface area contributed by atoms with E-state index in [0.29, 0.717) is 45.0 Å². The first-order valence-electron chi connectivity index (χ1n) is 15.1. The fraction of sp³-hybridized carbons (Fsp3) is 0.382. The number of carbonyl (C=O) groups excluding carboxylic acids is 2. The molecule has 8 nitrogen and oxygen atoms in total. The van der Waals surface area contributed by atoms with E-state index in [1.807, 2.05) is 30.0 Å². The van der Waals surface area contributed by atoms with Crippen molar-refractivity contribution >= 4 is 23.1 Å². The molecule has 224 valence electrons. The number of pyridine rings is 1. The maximum Gasteiger partial charge on any atom is 0.253 e. The van der Waals surface area contributed by atoms with Gasteiger partial charge in [0.1, 0.15) is 5.82 Å². The van der Waals surface area contributed by atoms with Crippen molar-refractivity contribution in [3.8, 4) is 0 Å². The van der Waals surface area contributed by atoms with E-state index in [9.17, 15) is 14.0 Å². The van der Waals surface area contributed by atoms with Crippen LogP contribution >= 0.6 is 0 Å². The van der Waals surface area contributed by atoms with Gasteiger partial charge in [-0.3, -0.25) is 14.6 Å². The van der Waals surface area contributed by atoms with Crippen LogP contribution in [0.25, 0.3) is 5.57 Å². The zero-order chi connectivity index (χ0) is 29.8. The highest BCUT2D eigenvalue weighted by molar-refractivity contribution is 5.95. The van der Waals surface area contributed by atoms with E-state index in [0.717, 1.165) is 53.9 Å². The van der Waals surface area contributed by atoms with Gasteiger partial charge < -0.3 is 25.2 Å². The molecular formula is C34H38FN5O3. The van der Waals surface area contributed by atoms with Gasteiger partial charge >= 0.3 is 0 Å². The van der Waals surface area contributed by atoms with Crippen LogP contribution in [0, 0.1) is 11.7 Å². The van der Waals surface area contributed by atoms with Crippen LogP contribution in [0.4, 0.5) is 10.1 Å². The van der Waals surface area contributed by atoms with Gasteiger partial charge in [0.05, 0.1) is 42.6 Å². The molecule has 6 rings (SSSR count). The van der Waals surface area contributed by atoms with Crippen molar-refractivity contribution in [3.05, 3.63) is 101 Å². The number of nitrogens with zero attached hydrogens (tertiary/aromatic N) is 3. The SMILES string of the molecule is C[C@@H](NC(=O)c1cncc(N2CCN(C(=O)C3COC3)CC2)c1)c1ccc(C(=C2CCNCC2)c2ccc(F)cc2)cc1. The normalized spacial score (nSPS) is 18.1. The minimum Gasteiger partial charge on any atom is -0.380 e. The number of piperazine rings is 1. The number of rotatable bonds is 7. The molecule has 3 fully saturated rings. The molecule has 43 heavy (non-hydrogen) atoms. The Morgan fingerprint density at radius 2 is 1.58 bits per heavy atom. The summed E-state index contributed by atoms with van der Waals surface area (Å²) >= 11 is 0. The summed E-state index contributed by atoms with van der Waals surface area (Å²) < 4.78 is 18.8. The molecule has 9 heteroatoms. The molecule has 2 amide bonds. The highest BCUT2D eigenvalue weighted by Gasteiger charge is 2.32. The van der Waals surface area contributed by atoms with E-state index >= 15 is 0 Å². The largest absolute Gasteiger partial charge is 0.380 e. The molecule has 3 saturated heterocycles. The lowest BCUT2D eigenvalue weighted by molar-refractivity contribution is -0.150. The van der Waals surface area contributed by atoms with E-state index in [4.69, 9.17) is 4.74 Å². The molecule has 1 atom stereocenters. The first-order chi connectivity index (χ1) is 21.0. The van der Waals surface area contributed by atoms with E-state index in [-0.39, 0.29) is 29.6 Å². The number of benzene rings is 2. The quantitative estimate of drug-likeness (QED) is 0.434. The number of ether oxygens (including phenoxy) is 1. The van der Waals surface area contributed by atoms with Crippen LogP contribution in [-0.4, -0.2) is 74.2 Å². The van der Waals surface area contributed by atoms with E-state index in [1.165, 1.54) is 17.7 Å². The van der Waals surface area contributed by atoms with Crippen LogP contribution in [0.2, 0.25) is 0 Å². The fourth-order valence-corrected chi connectivity index (χ4v) is 6.02. The van der Waals surface area contributed by atoms with Gasteiger partial charge in [-0.25, -0.2) is 4.39 Å². The molecule has 3 aromatic rings. The van der Waals surface area contributed by atoms with Gasteiger partial charge in [0.2, 0.25) is 5.91 Å². The highest BCUT2D eigenvalue weighted by Crippen LogP contribution is 2.32. The van der Waals surface area contributed by atoms with Crippen molar-refractivity contribution in [1.82, 2.24) is 20.5 Å². The number of amides is 2. The third kappa shape index (κ3) is 6.63. The second kappa shape index (κ2) is 13.1. The predicted octanol–water partition coefficient (Wildman–Crippen LogP) is 4.19. The van der Waals surface area contributed by atoms with Gasteiger partial charge in [-0.15, -0.1) is 0 Å². The smallest absolute Gasteiger partial charge is 0.253 e. The number of nitrogens with one attached hydrogen (secondary N) is 2. The molecule has 0 aliphatic carbocycles. The molecule has 0 spiro atoms. The molecule has 4 heterocycles. The first kappa shape index (κ1) is 29.0. The van der Waals surface area contributed by atoms with E-state index in [2.05, 4.69) is 44.8 Å². The number of carbonyl (C=O) groups is 2. The van der Waals surface area contributed by atoms with Crippen molar-refractivity contribution < 1.29 is 18.7 Å². The molecule has 2 N–H and O–H groups in total. The monoisotopic (exact) mass is 583 g/mol. The van der Waals surface area contributed by atoms with Crippen molar-refractivity contribution in [1.29, 1.82) is 0 Å². The van der Waals surface area contributed by atoms with Crippen LogP contribution in [0.15, 0.2) is 72.6 Å². The number of hydrogen-bond donors (Lipinski definition) is 2. The lowest BCUT2D eigenvalue weighted by Gasteiger charge is -2.39. The Morgan fingerprint density at radius 3 is 2.21 bits per heavy atom. The third-order valence-electron chi connectivity index (χ3n) is 8.67. The van der Waals surface area contributed by atoms with Crippen molar-refractivity contribution in [2.24, 2.45) is 5.92 Å².